The molecule has 1 rings (SSSR count). The van der Waals surface area contributed by atoms with E-state index in [1.807, 2.05) is 13.8 Å². The van der Waals surface area contributed by atoms with Crippen LogP contribution in [0.4, 0.5) is 4.79 Å². The Morgan fingerprint density at radius 3 is 2.09 bits per heavy atom. The Hall–Kier alpha value is -3.14. The lowest BCUT2D eigenvalue weighted by Crippen LogP contribution is -2.53. The van der Waals surface area contributed by atoms with Crippen LogP contribution in [0.3, 0.4) is 0 Å². The molecule has 0 heterocycles. The van der Waals surface area contributed by atoms with Gasteiger partial charge in [-0.15, -0.1) is 0 Å². The summed E-state index contributed by atoms with van der Waals surface area (Å²) in [6, 6.07) is 4.52. The molecule has 1 unspecified atom stereocenters. The molecule has 0 bridgehead atoms. The Kier molecular flexibility index (Phi) is 11.5. The van der Waals surface area contributed by atoms with Gasteiger partial charge in [0.15, 0.2) is 11.5 Å². The molecule has 10 heteroatoms. The molecule has 190 valence electrons. The molecule has 0 saturated heterocycles. The first-order chi connectivity index (χ1) is 15.9. The van der Waals surface area contributed by atoms with Crippen LogP contribution in [0.15, 0.2) is 18.2 Å². The van der Waals surface area contributed by atoms with Crippen molar-refractivity contribution in [2.75, 3.05) is 13.7 Å². The molecule has 0 aliphatic carbocycles. The van der Waals surface area contributed by atoms with Gasteiger partial charge in [-0.2, -0.15) is 0 Å². The Balaban J connectivity index is 3.12. The maximum Gasteiger partial charge on any atom is 0.508 e. The summed E-state index contributed by atoms with van der Waals surface area (Å²) < 4.78 is 25.6. The molecule has 1 aromatic rings. The summed E-state index contributed by atoms with van der Waals surface area (Å²) in [5.41, 5.74) is 5.34. The van der Waals surface area contributed by atoms with Gasteiger partial charge in [0.25, 0.3) is 0 Å². The van der Waals surface area contributed by atoms with E-state index in [0.29, 0.717) is 5.56 Å². The highest BCUT2D eigenvalue weighted by Crippen LogP contribution is 2.31. The number of hydrogen-bond donors (Lipinski definition) is 1. The van der Waals surface area contributed by atoms with Gasteiger partial charge in [-0.1, -0.05) is 33.8 Å². The number of methoxy groups -OCH3 is 1. The van der Waals surface area contributed by atoms with E-state index in [0.717, 1.165) is 0 Å². The SMILES string of the molecule is CCC(=O)Oc1ccc(CC(N)(C[C@H](C)OC(=O)OCC(C)C)C(=O)OC)cc1OC(=O)CC. The first-order valence-electron chi connectivity index (χ1n) is 11.2. The third-order valence-corrected chi connectivity index (χ3v) is 4.63. The molecule has 0 aliphatic heterocycles. The quantitative estimate of drug-likeness (QED) is 0.349. The van der Waals surface area contributed by atoms with Crippen LogP contribution < -0.4 is 15.2 Å². The summed E-state index contributed by atoms with van der Waals surface area (Å²) in [7, 11) is 1.20. The fraction of sp³-hybridized carbons (Fsp3) is 0.583. The summed E-state index contributed by atoms with van der Waals surface area (Å²) in [5.74, 6) is -1.50. The molecular weight excluding hydrogens is 446 g/mol. The first kappa shape index (κ1) is 28.9. The summed E-state index contributed by atoms with van der Waals surface area (Å²) in [6.45, 7) is 8.82. The van der Waals surface area contributed by atoms with Crippen molar-refractivity contribution < 1.29 is 42.9 Å². The van der Waals surface area contributed by atoms with Crippen LogP contribution in [0.5, 0.6) is 11.5 Å². The van der Waals surface area contributed by atoms with Gasteiger partial charge in [0, 0.05) is 25.7 Å². The van der Waals surface area contributed by atoms with Crippen molar-refractivity contribution in [3.05, 3.63) is 23.8 Å². The summed E-state index contributed by atoms with van der Waals surface area (Å²) in [6.07, 6.45) is -1.47. The van der Waals surface area contributed by atoms with Crippen molar-refractivity contribution >= 4 is 24.1 Å². The van der Waals surface area contributed by atoms with E-state index in [1.165, 1.54) is 19.2 Å². The van der Waals surface area contributed by atoms with Gasteiger partial charge in [0.05, 0.1) is 13.7 Å². The van der Waals surface area contributed by atoms with Crippen LogP contribution in [-0.4, -0.2) is 49.4 Å². The molecular formula is C24H35NO9. The van der Waals surface area contributed by atoms with Crippen LogP contribution in [-0.2, 0) is 35.0 Å². The molecule has 0 saturated carbocycles. The lowest BCUT2D eigenvalue weighted by atomic mass is 9.86. The Morgan fingerprint density at radius 2 is 1.56 bits per heavy atom. The molecule has 0 aliphatic rings. The first-order valence-corrected chi connectivity index (χ1v) is 11.2. The van der Waals surface area contributed by atoms with E-state index in [1.54, 1.807) is 26.8 Å². The average molecular weight is 482 g/mol. The molecule has 10 nitrogen and oxygen atoms in total. The lowest BCUT2D eigenvalue weighted by Gasteiger charge is -2.29. The number of carbonyl (C=O) groups excluding carboxylic acids is 4. The van der Waals surface area contributed by atoms with Crippen LogP contribution in [0, 0.1) is 5.92 Å². The summed E-state index contributed by atoms with van der Waals surface area (Å²) in [4.78, 5) is 48.0. The maximum atomic E-state index is 12.6. The fourth-order valence-electron chi connectivity index (χ4n) is 3.00. The minimum absolute atomic E-state index is 0.0277. The number of carbonyl (C=O) groups is 4. The Morgan fingerprint density at radius 1 is 0.971 bits per heavy atom. The van der Waals surface area contributed by atoms with Crippen molar-refractivity contribution in [1.29, 1.82) is 0 Å². The smallest absolute Gasteiger partial charge is 0.468 e. The monoisotopic (exact) mass is 481 g/mol. The topological polar surface area (TPSA) is 140 Å². The van der Waals surface area contributed by atoms with E-state index >= 15 is 0 Å². The van der Waals surface area contributed by atoms with E-state index in [2.05, 4.69) is 0 Å². The molecule has 0 aromatic heterocycles. The Labute approximate surface area is 200 Å². The van der Waals surface area contributed by atoms with E-state index in [4.69, 9.17) is 29.4 Å². The minimum atomic E-state index is -1.57. The third-order valence-electron chi connectivity index (χ3n) is 4.63. The molecule has 2 N–H and O–H groups in total. The van der Waals surface area contributed by atoms with E-state index in [9.17, 15) is 19.2 Å². The Bertz CT molecular complexity index is 868. The molecule has 0 spiro atoms. The molecule has 1 aromatic carbocycles. The van der Waals surface area contributed by atoms with Crippen molar-refractivity contribution in [2.24, 2.45) is 11.7 Å². The van der Waals surface area contributed by atoms with Crippen LogP contribution in [0.1, 0.15) is 59.4 Å². The largest absolute Gasteiger partial charge is 0.508 e. The summed E-state index contributed by atoms with van der Waals surface area (Å²) >= 11 is 0. The number of esters is 3. The van der Waals surface area contributed by atoms with Gasteiger partial charge < -0.3 is 29.4 Å². The van der Waals surface area contributed by atoms with Crippen LogP contribution in [0.25, 0.3) is 0 Å². The zero-order valence-electron chi connectivity index (χ0n) is 20.7. The van der Waals surface area contributed by atoms with Crippen LogP contribution >= 0.6 is 0 Å². The molecule has 0 amide bonds. The third kappa shape index (κ3) is 9.38. The zero-order valence-corrected chi connectivity index (χ0v) is 20.7. The van der Waals surface area contributed by atoms with Crippen molar-refractivity contribution in [1.82, 2.24) is 0 Å². The summed E-state index contributed by atoms with van der Waals surface area (Å²) in [5, 5.41) is 0. The van der Waals surface area contributed by atoms with E-state index < -0.39 is 35.7 Å². The van der Waals surface area contributed by atoms with Gasteiger partial charge >= 0.3 is 24.1 Å². The highest BCUT2D eigenvalue weighted by atomic mass is 16.7. The second-order valence-corrected chi connectivity index (χ2v) is 8.35. The number of rotatable bonds is 12. The van der Waals surface area contributed by atoms with E-state index in [-0.39, 0.29) is 49.7 Å². The molecule has 0 fully saturated rings. The average Bonchev–Trinajstić information content (AvgIpc) is 2.78. The predicted octanol–water partition coefficient (Wildman–Crippen LogP) is 3.32. The predicted molar refractivity (Wildman–Crippen MR) is 122 cm³/mol. The van der Waals surface area contributed by atoms with Gasteiger partial charge in [-0.25, -0.2) is 4.79 Å². The maximum absolute atomic E-state index is 12.6. The number of hydrogen-bond acceptors (Lipinski definition) is 10. The number of ether oxygens (including phenoxy) is 5. The second-order valence-electron chi connectivity index (χ2n) is 8.35. The van der Waals surface area contributed by atoms with Gasteiger partial charge in [-0.3, -0.25) is 14.4 Å². The highest BCUT2D eigenvalue weighted by Gasteiger charge is 2.38. The lowest BCUT2D eigenvalue weighted by molar-refractivity contribution is -0.148. The molecule has 2 atom stereocenters. The minimum Gasteiger partial charge on any atom is -0.468 e. The van der Waals surface area contributed by atoms with Crippen molar-refractivity contribution in [3.8, 4) is 11.5 Å². The van der Waals surface area contributed by atoms with Gasteiger partial charge in [0.2, 0.25) is 0 Å². The fourth-order valence-corrected chi connectivity index (χ4v) is 3.00. The molecule has 34 heavy (non-hydrogen) atoms. The highest BCUT2D eigenvalue weighted by molar-refractivity contribution is 5.81. The zero-order chi connectivity index (χ0) is 25.9. The number of nitrogens with two attached hydrogens (primary N) is 1. The van der Waals surface area contributed by atoms with Gasteiger partial charge in [0.1, 0.15) is 11.6 Å². The number of benzene rings is 1. The normalized spacial score (nSPS) is 13.4. The van der Waals surface area contributed by atoms with Crippen LogP contribution in [0.2, 0.25) is 0 Å². The molecule has 0 radical (unpaired) electrons. The van der Waals surface area contributed by atoms with Crippen molar-refractivity contribution in [2.45, 2.75) is 71.9 Å². The van der Waals surface area contributed by atoms with Gasteiger partial charge in [-0.05, 0) is 30.5 Å². The standard InChI is InChI=1S/C24H35NO9/c1-7-20(26)33-18-10-9-17(11-19(18)34-21(27)8-2)13-24(25,22(28)30-6)12-16(5)32-23(29)31-14-15(3)4/h9-11,15-16H,7-8,12-14,25H2,1-6H3/t16-,24?/m0/s1. The van der Waals surface area contributed by atoms with Crippen molar-refractivity contribution in [3.63, 3.8) is 0 Å². The second kappa shape index (κ2) is 13.5.